The first-order chi connectivity index (χ1) is 12.4. The highest BCUT2D eigenvalue weighted by Gasteiger charge is 2.08. The average Bonchev–Trinajstić information content (AvgIpc) is 2.69. The predicted molar refractivity (Wildman–Crippen MR) is 106 cm³/mol. The molecule has 0 unspecified atom stereocenters. The number of nitrogens with zero attached hydrogens (tertiary/aromatic N) is 1. The van der Waals surface area contributed by atoms with Gasteiger partial charge in [-0.1, -0.05) is 61.7 Å². The number of likely N-dealkylation sites (tertiary alicyclic amines) is 1. The number of rotatable bonds is 9. The second-order valence-electron chi connectivity index (χ2n) is 7.06. The number of unbranched alkanes of at least 4 members (excludes halogenated alkanes) is 3. The molecular weight excluding hydrogens is 306 g/mol. The Morgan fingerprint density at radius 1 is 0.680 bits per heavy atom. The summed E-state index contributed by atoms with van der Waals surface area (Å²) in [5, 5.41) is 0. The molecule has 0 N–H and O–H groups in total. The fourth-order valence-corrected chi connectivity index (χ4v) is 3.54. The summed E-state index contributed by atoms with van der Waals surface area (Å²) >= 11 is 0. The molecule has 2 nitrogen and oxygen atoms in total. The Balaban J connectivity index is 1.27. The Kier molecular flexibility index (Phi) is 7.38. The van der Waals surface area contributed by atoms with Crippen molar-refractivity contribution < 1.29 is 4.74 Å². The number of hydrogen-bond donors (Lipinski definition) is 0. The summed E-state index contributed by atoms with van der Waals surface area (Å²) in [6, 6.07) is 18.9. The van der Waals surface area contributed by atoms with E-state index in [-0.39, 0.29) is 0 Å². The Morgan fingerprint density at radius 3 is 2.12 bits per heavy atom. The molecule has 1 aliphatic rings. The van der Waals surface area contributed by atoms with Crippen LogP contribution in [0.5, 0.6) is 5.75 Å². The van der Waals surface area contributed by atoms with Gasteiger partial charge in [-0.15, -0.1) is 0 Å². The van der Waals surface area contributed by atoms with Crippen molar-refractivity contribution in [3.63, 3.8) is 0 Å². The maximum Gasteiger partial charge on any atom is 0.119 e. The van der Waals surface area contributed by atoms with Crippen molar-refractivity contribution in [3.05, 3.63) is 54.6 Å². The minimum atomic E-state index is 0.828. The van der Waals surface area contributed by atoms with Crippen LogP contribution >= 0.6 is 0 Å². The summed E-state index contributed by atoms with van der Waals surface area (Å²) in [6.07, 6.45) is 9.32. The molecule has 1 fully saturated rings. The monoisotopic (exact) mass is 337 g/mol. The highest BCUT2D eigenvalue weighted by molar-refractivity contribution is 5.63. The molecule has 25 heavy (non-hydrogen) atoms. The van der Waals surface area contributed by atoms with Gasteiger partial charge in [0.25, 0.3) is 0 Å². The normalized spacial score (nSPS) is 15.2. The molecule has 2 aromatic carbocycles. The van der Waals surface area contributed by atoms with Crippen molar-refractivity contribution >= 4 is 0 Å². The van der Waals surface area contributed by atoms with Gasteiger partial charge in [-0.2, -0.15) is 0 Å². The molecule has 1 saturated heterocycles. The minimum absolute atomic E-state index is 0.828. The van der Waals surface area contributed by atoms with E-state index >= 15 is 0 Å². The van der Waals surface area contributed by atoms with Crippen LogP contribution in [-0.2, 0) is 0 Å². The Labute approximate surface area is 152 Å². The topological polar surface area (TPSA) is 12.5 Å². The van der Waals surface area contributed by atoms with E-state index in [0.29, 0.717) is 0 Å². The fraction of sp³-hybridized carbons (Fsp3) is 0.478. The molecule has 3 rings (SSSR count). The third-order valence-corrected chi connectivity index (χ3v) is 5.05. The van der Waals surface area contributed by atoms with Gasteiger partial charge in [0.2, 0.25) is 0 Å². The van der Waals surface area contributed by atoms with Gasteiger partial charge >= 0.3 is 0 Å². The molecule has 0 saturated carbocycles. The van der Waals surface area contributed by atoms with Crippen LogP contribution in [0.15, 0.2) is 54.6 Å². The molecular formula is C23H31NO. The van der Waals surface area contributed by atoms with Gasteiger partial charge in [-0.05, 0) is 68.6 Å². The van der Waals surface area contributed by atoms with Gasteiger partial charge in [0.15, 0.2) is 0 Å². The van der Waals surface area contributed by atoms with Crippen LogP contribution in [0.1, 0.15) is 44.9 Å². The summed E-state index contributed by atoms with van der Waals surface area (Å²) in [5.41, 5.74) is 2.49. The van der Waals surface area contributed by atoms with Crippen LogP contribution in [-0.4, -0.2) is 31.1 Å². The van der Waals surface area contributed by atoms with Crippen molar-refractivity contribution in [3.8, 4) is 16.9 Å². The summed E-state index contributed by atoms with van der Waals surface area (Å²) in [4.78, 5) is 2.63. The third-order valence-electron chi connectivity index (χ3n) is 5.05. The molecule has 2 aromatic rings. The lowest BCUT2D eigenvalue weighted by atomic mass is 10.1. The SMILES string of the molecule is c1ccc(-c2ccc(OCCCCCCN3CCCCC3)cc2)cc1. The van der Waals surface area contributed by atoms with Gasteiger partial charge in [0, 0.05) is 0 Å². The summed E-state index contributed by atoms with van der Waals surface area (Å²) in [7, 11) is 0. The Bertz CT molecular complexity index is 587. The van der Waals surface area contributed by atoms with Crippen molar-refractivity contribution in [1.82, 2.24) is 4.90 Å². The standard InChI is InChI=1S/C23H31NO/c1(7-17-24-18-8-4-9-19-24)2-10-20-25-23-15-13-22(14-16-23)21-11-5-3-6-12-21/h3,5-6,11-16H,1-2,4,7-10,17-20H2. The zero-order valence-electron chi connectivity index (χ0n) is 15.3. The Hall–Kier alpha value is -1.80. The zero-order chi connectivity index (χ0) is 17.2. The molecule has 0 bridgehead atoms. The van der Waals surface area contributed by atoms with Crippen molar-refractivity contribution in [2.45, 2.75) is 44.9 Å². The first-order valence-electron chi connectivity index (χ1n) is 9.92. The molecule has 0 atom stereocenters. The van der Waals surface area contributed by atoms with Crippen LogP contribution in [0.4, 0.5) is 0 Å². The first kappa shape index (κ1) is 18.0. The van der Waals surface area contributed by atoms with Crippen LogP contribution in [0.3, 0.4) is 0 Å². The molecule has 1 aliphatic heterocycles. The molecule has 0 spiro atoms. The van der Waals surface area contributed by atoms with Crippen molar-refractivity contribution in [2.24, 2.45) is 0 Å². The van der Waals surface area contributed by atoms with Crippen LogP contribution in [0.25, 0.3) is 11.1 Å². The van der Waals surface area contributed by atoms with E-state index in [0.717, 1.165) is 18.8 Å². The fourth-order valence-electron chi connectivity index (χ4n) is 3.54. The first-order valence-corrected chi connectivity index (χ1v) is 9.92. The van der Waals surface area contributed by atoms with E-state index in [1.54, 1.807) is 0 Å². The van der Waals surface area contributed by atoms with E-state index in [4.69, 9.17) is 4.74 Å². The highest BCUT2D eigenvalue weighted by Crippen LogP contribution is 2.22. The van der Waals surface area contributed by atoms with Crippen LogP contribution < -0.4 is 4.74 Å². The number of benzene rings is 2. The molecule has 2 heteroatoms. The lowest BCUT2D eigenvalue weighted by Gasteiger charge is -2.26. The minimum Gasteiger partial charge on any atom is -0.494 e. The molecule has 0 aromatic heterocycles. The second kappa shape index (κ2) is 10.2. The lowest BCUT2D eigenvalue weighted by Crippen LogP contribution is -2.30. The lowest BCUT2D eigenvalue weighted by molar-refractivity contribution is 0.223. The van der Waals surface area contributed by atoms with Gasteiger partial charge < -0.3 is 9.64 Å². The van der Waals surface area contributed by atoms with E-state index in [9.17, 15) is 0 Å². The average molecular weight is 338 g/mol. The summed E-state index contributed by atoms with van der Waals surface area (Å²) < 4.78 is 5.88. The van der Waals surface area contributed by atoms with Crippen molar-refractivity contribution in [2.75, 3.05) is 26.2 Å². The molecule has 134 valence electrons. The van der Waals surface area contributed by atoms with Gasteiger partial charge in [-0.25, -0.2) is 0 Å². The maximum absolute atomic E-state index is 5.88. The highest BCUT2D eigenvalue weighted by atomic mass is 16.5. The smallest absolute Gasteiger partial charge is 0.119 e. The zero-order valence-corrected chi connectivity index (χ0v) is 15.3. The molecule has 0 amide bonds. The van der Waals surface area contributed by atoms with Crippen LogP contribution in [0, 0.1) is 0 Å². The summed E-state index contributed by atoms with van der Waals surface area (Å²) in [6.45, 7) is 4.76. The number of piperidine rings is 1. The van der Waals surface area contributed by atoms with E-state index < -0.39 is 0 Å². The van der Waals surface area contributed by atoms with E-state index in [1.807, 2.05) is 6.07 Å². The second-order valence-corrected chi connectivity index (χ2v) is 7.06. The summed E-state index contributed by atoms with van der Waals surface area (Å²) in [5.74, 6) is 0.980. The molecule has 1 heterocycles. The van der Waals surface area contributed by atoms with Gasteiger partial charge in [0.1, 0.15) is 5.75 Å². The van der Waals surface area contributed by atoms with E-state index in [2.05, 4.69) is 53.4 Å². The van der Waals surface area contributed by atoms with E-state index in [1.165, 1.54) is 69.3 Å². The van der Waals surface area contributed by atoms with Crippen LogP contribution in [0.2, 0.25) is 0 Å². The van der Waals surface area contributed by atoms with Gasteiger partial charge in [-0.3, -0.25) is 0 Å². The largest absolute Gasteiger partial charge is 0.494 e. The number of hydrogen-bond acceptors (Lipinski definition) is 2. The number of ether oxygens (including phenoxy) is 1. The quantitative estimate of drug-likeness (QED) is 0.538. The Morgan fingerprint density at radius 2 is 1.36 bits per heavy atom. The van der Waals surface area contributed by atoms with Gasteiger partial charge in [0.05, 0.1) is 6.61 Å². The predicted octanol–water partition coefficient (Wildman–Crippen LogP) is 5.78. The molecule has 0 aliphatic carbocycles. The van der Waals surface area contributed by atoms with Crippen molar-refractivity contribution in [1.29, 1.82) is 0 Å². The molecule has 0 radical (unpaired) electrons. The maximum atomic E-state index is 5.88. The third kappa shape index (κ3) is 6.21.